The van der Waals surface area contributed by atoms with Crippen LogP contribution in [0.3, 0.4) is 0 Å². The molecule has 6 nitrogen and oxygen atoms in total. The Morgan fingerprint density at radius 3 is 2.57 bits per heavy atom. The molecule has 3 aromatic carbocycles. The van der Waals surface area contributed by atoms with Gasteiger partial charge in [-0.2, -0.15) is 5.21 Å². The van der Waals surface area contributed by atoms with Gasteiger partial charge < -0.3 is 9.47 Å². The monoisotopic (exact) mass is 528 g/mol. The maximum Gasteiger partial charge on any atom is 0.176 e. The second-order valence-electron chi connectivity index (χ2n) is 8.62. The number of ether oxygens (including phenoxy) is 2. The Kier molecular flexibility index (Phi) is 7.40. The van der Waals surface area contributed by atoms with Crippen LogP contribution in [0.5, 0.6) is 11.5 Å². The first kappa shape index (κ1) is 24.8. The lowest BCUT2D eigenvalue weighted by molar-refractivity contribution is 0.306. The molecule has 0 fully saturated rings. The lowest BCUT2D eigenvalue weighted by Crippen LogP contribution is -2.03. The van der Waals surface area contributed by atoms with Crippen LogP contribution in [0.25, 0.3) is 21.2 Å². The van der Waals surface area contributed by atoms with E-state index in [1.807, 2.05) is 43.3 Å². The highest BCUT2D eigenvalue weighted by atomic mass is 35.5. The van der Waals surface area contributed by atoms with E-state index >= 15 is 0 Å². The summed E-state index contributed by atoms with van der Waals surface area (Å²) in [6.45, 7) is 4.34. The van der Waals surface area contributed by atoms with Gasteiger partial charge in [0.25, 0.3) is 0 Å². The number of nitrogens with one attached hydrogen (secondary N) is 1. The number of methoxy groups -OCH3 is 1. The van der Waals surface area contributed by atoms with Crippen LogP contribution in [0, 0.1) is 18.8 Å². The molecule has 5 aromatic rings. The molecule has 0 bridgehead atoms. The number of tetrazole rings is 1. The average molecular weight is 529 g/mol. The number of aromatic nitrogens is 4. The second-order valence-corrected chi connectivity index (χ2v) is 9.91. The minimum atomic E-state index is -0.0173. The first-order valence-electron chi connectivity index (χ1n) is 11.8. The summed E-state index contributed by atoms with van der Waals surface area (Å²) in [5, 5.41) is 18.3. The fourth-order valence-electron chi connectivity index (χ4n) is 4.35. The van der Waals surface area contributed by atoms with Crippen molar-refractivity contribution < 1.29 is 9.47 Å². The van der Waals surface area contributed by atoms with Crippen molar-refractivity contribution in [3.63, 3.8) is 0 Å². The molecule has 8 heteroatoms. The zero-order valence-electron chi connectivity index (χ0n) is 20.7. The zero-order valence-corrected chi connectivity index (χ0v) is 22.3. The van der Waals surface area contributed by atoms with Crippen molar-refractivity contribution in [2.45, 2.75) is 32.8 Å². The molecule has 0 spiro atoms. The standard InChI is InChI=1S/C29H25ClN4O2S/c1-4-5-21(15-28-31-33-34-32-28)20-6-8-22(9-7-20)36-16-19-13-25-26(17-37-29(25)27(30)14-19)24-11-10-23(35-3)12-18(24)2/h6-14,17,21H,15-16H2,1-3H3,(H,31,32,33,34). The van der Waals surface area contributed by atoms with E-state index in [1.165, 1.54) is 5.56 Å². The molecule has 1 unspecified atom stereocenters. The summed E-state index contributed by atoms with van der Waals surface area (Å²) in [5.74, 6) is 8.47. The highest BCUT2D eigenvalue weighted by Gasteiger charge is 2.15. The van der Waals surface area contributed by atoms with E-state index < -0.39 is 0 Å². The van der Waals surface area contributed by atoms with Crippen LogP contribution < -0.4 is 9.47 Å². The maximum absolute atomic E-state index is 6.68. The van der Waals surface area contributed by atoms with Gasteiger partial charge in [-0.05, 0) is 77.9 Å². The summed E-state index contributed by atoms with van der Waals surface area (Å²) in [6.07, 6.45) is 0.590. The summed E-state index contributed by atoms with van der Waals surface area (Å²) >= 11 is 8.34. The number of aromatic amines is 1. The smallest absolute Gasteiger partial charge is 0.176 e. The molecule has 0 aliphatic carbocycles. The summed E-state index contributed by atoms with van der Waals surface area (Å²) in [7, 11) is 1.68. The molecular formula is C29H25ClN4O2S. The average Bonchev–Trinajstić information content (AvgIpc) is 3.58. The topological polar surface area (TPSA) is 72.9 Å². The van der Waals surface area contributed by atoms with Gasteiger partial charge in [0.05, 0.1) is 22.8 Å². The van der Waals surface area contributed by atoms with E-state index in [9.17, 15) is 0 Å². The van der Waals surface area contributed by atoms with Gasteiger partial charge in [-0.15, -0.1) is 27.5 Å². The summed E-state index contributed by atoms with van der Waals surface area (Å²) in [5.41, 5.74) is 5.58. The van der Waals surface area contributed by atoms with Gasteiger partial charge in [0.2, 0.25) is 0 Å². The maximum atomic E-state index is 6.68. The van der Waals surface area contributed by atoms with E-state index in [0.29, 0.717) is 18.9 Å². The SMILES string of the molecule is CC#CC(Cc1nn[nH]n1)c1ccc(OCc2cc(Cl)c3scc(-c4ccc(OC)cc4C)c3c2)cc1. The summed E-state index contributed by atoms with van der Waals surface area (Å²) in [4.78, 5) is 0. The molecule has 0 aliphatic rings. The fraction of sp³-hybridized carbons (Fsp3) is 0.207. The molecule has 2 aromatic heterocycles. The summed E-state index contributed by atoms with van der Waals surface area (Å²) in [6, 6.07) is 18.3. The molecule has 0 saturated heterocycles. The normalized spacial score (nSPS) is 11.7. The minimum absolute atomic E-state index is 0.0173. The van der Waals surface area contributed by atoms with Crippen molar-refractivity contribution in [2.75, 3.05) is 7.11 Å². The minimum Gasteiger partial charge on any atom is -0.497 e. The van der Waals surface area contributed by atoms with Gasteiger partial charge in [0, 0.05) is 17.4 Å². The quantitative estimate of drug-likeness (QED) is 0.220. The zero-order chi connectivity index (χ0) is 25.8. The van der Waals surface area contributed by atoms with Gasteiger partial charge in [-0.1, -0.05) is 40.9 Å². The number of hydrogen-bond acceptors (Lipinski definition) is 6. The Labute approximate surface area is 224 Å². The van der Waals surface area contributed by atoms with Crippen molar-refractivity contribution in [1.82, 2.24) is 20.6 Å². The highest BCUT2D eigenvalue weighted by Crippen LogP contribution is 2.40. The third kappa shape index (κ3) is 5.46. The van der Waals surface area contributed by atoms with Crippen molar-refractivity contribution in [3.8, 4) is 34.5 Å². The molecule has 186 valence electrons. The summed E-state index contributed by atoms with van der Waals surface area (Å²) < 4.78 is 12.6. The lowest BCUT2D eigenvalue weighted by Gasteiger charge is -2.12. The number of hydrogen-bond donors (Lipinski definition) is 1. The number of H-pyrrole nitrogens is 1. The largest absolute Gasteiger partial charge is 0.497 e. The van der Waals surface area contributed by atoms with Crippen LogP contribution in [-0.4, -0.2) is 27.7 Å². The molecular weight excluding hydrogens is 504 g/mol. The first-order valence-corrected chi connectivity index (χ1v) is 13.0. The Bertz CT molecular complexity index is 1580. The predicted octanol–water partition coefficient (Wildman–Crippen LogP) is 6.98. The fourth-order valence-corrected chi connectivity index (χ4v) is 5.68. The van der Waals surface area contributed by atoms with Crippen LogP contribution in [0.1, 0.15) is 35.4 Å². The van der Waals surface area contributed by atoms with Gasteiger partial charge in [0.1, 0.15) is 18.1 Å². The molecule has 2 heterocycles. The van der Waals surface area contributed by atoms with E-state index in [2.05, 4.69) is 63.0 Å². The van der Waals surface area contributed by atoms with Gasteiger partial charge in [-0.3, -0.25) is 0 Å². The van der Waals surface area contributed by atoms with Crippen molar-refractivity contribution in [3.05, 3.63) is 87.5 Å². The van der Waals surface area contributed by atoms with Crippen LogP contribution in [0.4, 0.5) is 0 Å². The molecule has 0 aliphatic heterocycles. The third-order valence-corrected chi connectivity index (χ3v) is 7.63. The Morgan fingerprint density at radius 1 is 1.05 bits per heavy atom. The number of rotatable bonds is 8. The number of thiophene rings is 1. The van der Waals surface area contributed by atoms with Crippen LogP contribution >= 0.6 is 22.9 Å². The van der Waals surface area contributed by atoms with Gasteiger partial charge >= 0.3 is 0 Å². The van der Waals surface area contributed by atoms with E-state index in [1.54, 1.807) is 18.4 Å². The van der Waals surface area contributed by atoms with Crippen molar-refractivity contribution in [1.29, 1.82) is 0 Å². The van der Waals surface area contributed by atoms with Crippen molar-refractivity contribution >= 4 is 33.0 Å². The van der Waals surface area contributed by atoms with E-state index in [0.717, 1.165) is 48.9 Å². The molecule has 1 N–H and O–H groups in total. The number of halogens is 1. The number of fused-ring (bicyclic) bond motifs is 1. The Morgan fingerprint density at radius 2 is 1.86 bits per heavy atom. The first-order chi connectivity index (χ1) is 18.1. The van der Waals surface area contributed by atoms with Gasteiger partial charge in [0.15, 0.2) is 5.82 Å². The molecule has 37 heavy (non-hydrogen) atoms. The van der Waals surface area contributed by atoms with Crippen molar-refractivity contribution in [2.24, 2.45) is 0 Å². The second kappa shape index (κ2) is 11.0. The Balaban J connectivity index is 1.34. The molecule has 0 radical (unpaired) electrons. The molecule has 0 amide bonds. The number of nitrogens with zero attached hydrogens (tertiary/aromatic N) is 3. The van der Waals surface area contributed by atoms with Crippen LogP contribution in [0.15, 0.2) is 60.0 Å². The lowest BCUT2D eigenvalue weighted by atomic mass is 9.96. The predicted molar refractivity (Wildman–Crippen MR) is 148 cm³/mol. The van der Waals surface area contributed by atoms with E-state index in [-0.39, 0.29) is 5.92 Å². The molecule has 1 atom stereocenters. The molecule has 0 saturated carbocycles. The van der Waals surface area contributed by atoms with E-state index in [4.69, 9.17) is 21.1 Å². The molecule has 5 rings (SSSR count). The Hall–Kier alpha value is -3.86. The van der Waals surface area contributed by atoms with Gasteiger partial charge in [-0.25, -0.2) is 0 Å². The third-order valence-electron chi connectivity index (χ3n) is 6.19. The van der Waals surface area contributed by atoms with Crippen LogP contribution in [0.2, 0.25) is 5.02 Å². The number of benzene rings is 3. The number of aryl methyl sites for hydroxylation is 1. The highest BCUT2D eigenvalue weighted by molar-refractivity contribution is 7.18. The van der Waals surface area contributed by atoms with Crippen LogP contribution in [-0.2, 0) is 13.0 Å².